The fourth-order valence-corrected chi connectivity index (χ4v) is 2.36. The zero-order valence-corrected chi connectivity index (χ0v) is 11.7. The van der Waals surface area contributed by atoms with Crippen LogP contribution in [0.15, 0.2) is 30.3 Å². The van der Waals surface area contributed by atoms with Crippen LogP contribution in [0.4, 0.5) is 0 Å². The van der Waals surface area contributed by atoms with Crippen molar-refractivity contribution in [3.63, 3.8) is 0 Å². The van der Waals surface area contributed by atoms with Gasteiger partial charge in [-0.05, 0) is 19.4 Å². The van der Waals surface area contributed by atoms with Gasteiger partial charge in [-0.3, -0.25) is 0 Å². The van der Waals surface area contributed by atoms with Gasteiger partial charge in [0.05, 0.1) is 11.4 Å². The maximum atomic E-state index is 11.1. The molecule has 1 aromatic carbocycles. The summed E-state index contributed by atoms with van der Waals surface area (Å²) in [6.07, 6.45) is 0.691. The lowest BCUT2D eigenvalue weighted by molar-refractivity contribution is 0.0687. The predicted molar refractivity (Wildman–Crippen MR) is 76.5 cm³/mol. The molecule has 3 aromatic rings. The average molecular weight is 282 g/mol. The Balaban J connectivity index is 2.14. The molecule has 0 amide bonds. The smallest absolute Gasteiger partial charge is 0.358 e. The molecule has 0 bridgehead atoms. The van der Waals surface area contributed by atoms with E-state index in [0.29, 0.717) is 17.8 Å². The molecule has 0 aliphatic carbocycles. The van der Waals surface area contributed by atoms with Crippen molar-refractivity contribution in [2.45, 2.75) is 20.3 Å². The molecule has 0 aliphatic rings. The topological polar surface area (TPSA) is 80.4 Å². The van der Waals surface area contributed by atoms with Crippen molar-refractivity contribution in [1.82, 2.24) is 19.8 Å². The van der Waals surface area contributed by atoms with Gasteiger partial charge in [0, 0.05) is 12.0 Å². The number of hydrogen-bond acceptors (Lipinski definition) is 4. The third-order valence-electron chi connectivity index (χ3n) is 3.49. The van der Waals surface area contributed by atoms with Gasteiger partial charge < -0.3 is 5.11 Å². The molecule has 0 fully saturated rings. The van der Waals surface area contributed by atoms with E-state index in [4.69, 9.17) is 5.11 Å². The third-order valence-corrected chi connectivity index (χ3v) is 3.49. The minimum absolute atomic E-state index is 0.0729. The van der Waals surface area contributed by atoms with E-state index in [9.17, 15) is 4.79 Å². The van der Waals surface area contributed by atoms with Crippen molar-refractivity contribution < 1.29 is 9.90 Å². The summed E-state index contributed by atoms with van der Waals surface area (Å²) < 4.78 is 1.56. The normalized spacial score (nSPS) is 11.0. The molecule has 0 aliphatic heterocycles. The molecule has 0 unspecified atom stereocenters. The largest absolute Gasteiger partial charge is 0.476 e. The lowest BCUT2D eigenvalue weighted by Gasteiger charge is -2.03. The second-order valence-corrected chi connectivity index (χ2v) is 4.90. The Bertz CT molecular complexity index is 825. The first-order valence-corrected chi connectivity index (χ1v) is 6.56. The van der Waals surface area contributed by atoms with Gasteiger partial charge in [-0.1, -0.05) is 30.3 Å². The molecule has 106 valence electrons. The molecule has 0 radical (unpaired) electrons. The van der Waals surface area contributed by atoms with Crippen LogP contribution < -0.4 is 0 Å². The zero-order chi connectivity index (χ0) is 15.0. The SMILES string of the molecule is Cc1nn2c(C)c(C(=O)O)nnc2c1Cc1ccccc1. The third kappa shape index (κ3) is 2.24. The van der Waals surface area contributed by atoms with Crippen molar-refractivity contribution in [3.8, 4) is 0 Å². The molecule has 3 rings (SSSR count). The van der Waals surface area contributed by atoms with Crippen molar-refractivity contribution >= 4 is 11.6 Å². The summed E-state index contributed by atoms with van der Waals surface area (Å²) in [4.78, 5) is 11.1. The van der Waals surface area contributed by atoms with E-state index in [1.54, 1.807) is 11.4 Å². The Morgan fingerprint density at radius 2 is 1.90 bits per heavy atom. The van der Waals surface area contributed by atoms with Crippen LogP contribution in [-0.4, -0.2) is 30.9 Å². The minimum atomic E-state index is -1.10. The summed E-state index contributed by atoms with van der Waals surface area (Å²) in [6.45, 7) is 3.58. The van der Waals surface area contributed by atoms with Crippen molar-refractivity contribution in [1.29, 1.82) is 0 Å². The molecule has 6 heteroatoms. The lowest BCUT2D eigenvalue weighted by Crippen LogP contribution is -2.11. The first kappa shape index (κ1) is 13.2. The van der Waals surface area contributed by atoms with Gasteiger partial charge in [-0.15, -0.1) is 10.2 Å². The summed E-state index contributed by atoms with van der Waals surface area (Å²) in [5, 5.41) is 21.4. The molecule has 21 heavy (non-hydrogen) atoms. The Morgan fingerprint density at radius 1 is 1.19 bits per heavy atom. The van der Waals surface area contributed by atoms with E-state index in [1.165, 1.54) is 0 Å². The Labute approximate surface area is 121 Å². The number of carboxylic acid groups (broad SMARTS) is 1. The molecule has 0 spiro atoms. The number of carbonyl (C=O) groups is 1. The molecule has 0 saturated carbocycles. The number of fused-ring (bicyclic) bond motifs is 1. The monoisotopic (exact) mass is 282 g/mol. The summed E-state index contributed by atoms with van der Waals surface area (Å²) in [7, 11) is 0. The fraction of sp³-hybridized carbons (Fsp3) is 0.200. The number of aromatic carboxylic acids is 1. The van der Waals surface area contributed by atoms with Gasteiger partial charge in [-0.25, -0.2) is 9.31 Å². The maximum absolute atomic E-state index is 11.1. The maximum Gasteiger partial charge on any atom is 0.358 e. The van der Waals surface area contributed by atoms with E-state index in [2.05, 4.69) is 15.3 Å². The average Bonchev–Trinajstić information content (AvgIpc) is 2.78. The highest BCUT2D eigenvalue weighted by Crippen LogP contribution is 2.19. The quantitative estimate of drug-likeness (QED) is 0.795. The lowest BCUT2D eigenvalue weighted by atomic mass is 10.1. The Morgan fingerprint density at radius 3 is 2.57 bits per heavy atom. The molecular weight excluding hydrogens is 268 g/mol. The van der Waals surface area contributed by atoms with E-state index < -0.39 is 5.97 Å². The Hall–Kier alpha value is -2.76. The highest BCUT2D eigenvalue weighted by Gasteiger charge is 2.18. The zero-order valence-electron chi connectivity index (χ0n) is 11.7. The van der Waals surface area contributed by atoms with Gasteiger partial charge in [-0.2, -0.15) is 5.10 Å². The van der Waals surface area contributed by atoms with Crippen molar-refractivity contribution in [2.24, 2.45) is 0 Å². The van der Waals surface area contributed by atoms with Gasteiger partial charge in [0.25, 0.3) is 0 Å². The van der Waals surface area contributed by atoms with Gasteiger partial charge >= 0.3 is 5.97 Å². The second kappa shape index (κ2) is 4.97. The number of carboxylic acids is 1. The summed E-state index contributed by atoms with van der Waals surface area (Å²) >= 11 is 0. The second-order valence-electron chi connectivity index (χ2n) is 4.90. The van der Waals surface area contributed by atoms with Crippen LogP contribution in [-0.2, 0) is 6.42 Å². The highest BCUT2D eigenvalue weighted by molar-refractivity contribution is 5.86. The van der Waals surface area contributed by atoms with Crippen molar-refractivity contribution in [3.05, 3.63) is 58.5 Å². The fourth-order valence-electron chi connectivity index (χ4n) is 2.36. The van der Waals surface area contributed by atoms with Crippen LogP contribution >= 0.6 is 0 Å². The van der Waals surface area contributed by atoms with Gasteiger partial charge in [0.1, 0.15) is 0 Å². The molecule has 0 saturated heterocycles. The van der Waals surface area contributed by atoms with Crippen LogP contribution in [0.25, 0.3) is 5.65 Å². The number of benzene rings is 1. The summed E-state index contributed by atoms with van der Waals surface area (Å²) in [6, 6.07) is 10.0. The molecule has 6 nitrogen and oxygen atoms in total. The summed E-state index contributed by atoms with van der Waals surface area (Å²) in [5.74, 6) is -1.10. The molecule has 1 N–H and O–H groups in total. The summed E-state index contributed by atoms with van der Waals surface area (Å²) in [5.41, 5.74) is 3.97. The Kier molecular flexibility index (Phi) is 3.13. The van der Waals surface area contributed by atoms with E-state index >= 15 is 0 Å². The van der Waals surface area contributed by atoms with Gasteiger partial charge in [0.2, 0.25) is 0 Å². The van der Waals surface area contributed by atoms with Crippen LogP contribution in [0.5, 0.6) is 0 Å². The van der Waals surface area contributed by atoms with Crippen LogP contribution in [0.1, 0.15) is 33.0 Å². The molecule has 2 heterocycles. The van der Waals surface area contributed by atoms with Crippen LogP contribution in [0, 0.1) is 13.8 Å². The number of nitrogens with zero attached hydrogens (tertiary/aromatic N) is 4. The van der Waals surface area contributed by atoms with E-state index in [1.807, 2.05) is 37.3 Å². The predicted octanol–water partition coefficient (Wildman–Crippen LogP) is 2.03. The number of hydrogen-bond donors (Lipinski definition) is 1. The number of rotatable bonds is 3. The number of aromatic nitrogens is 4. The van der Waals surface area contributed by atoms with Crippen LogP contribution in [0.2, 0.25) is 0 Å². The standard InChI is InChI=1S/C15H14N4O2/c1-9-12(8-11-6-4-3-5-7-11)14-17-16-13(15(20)21)10(2)19(14)18-9/h3-7H,8H2,1-2H3,(H,20,21). The van der Waals surface area contributed by atoms with Gasteiger partial charge in [0.15, 0.2) is 11.3 Å². The van der Waals surface area contributed by atoms with Crippen LogP contribution in [0.3, 0.4) is 0 Å². The molecule has 2 aromatic heterocycles. The van der Waals surface area contributed by atoms with E-state index in [0.717, 1.165) is 16.8 Å². The molecular formula is C15H14N4O2. The first-order chi connectivity index (χ1) is 10.1. The molecule has 0 atom stereocenters. The highest BCUT2D eigenvalue weighted by atomic mass is 16.4. The van der Waals surface area contributed by atoms with Crippen molar-refractivity contribution in [2.75, 3.05) is 0 Å². The first-order valence-electron chi connectivity index (χ1n) is 6.56. The number of aryl methyl sites for hydroxylation is 2. The van der Waals surface area contributed by atoms with E-state index in [-0.39, 0.29) is 5.69 Å². The minimum Gasteiger partial charge on any atom is -0.476 e.